The van der Waals surface area contributed by atoms with Crippen LogP contribution in [0.15, 0.2) is 72.9 Å². The average molecular weight is 690 g/mol. The number of carbonyl (C=O) groups excluding carboxylic acids is 1. The molecule has 4 aliphatic rings. The van der Waals surface area contributed by atoms with Crippen LogP contribution in [0.25, 0.3) is 0 Å². The van der Waals surface area contributed by atoms with Crippen LogP contribution in [0.5, 0.6) is 5.75 Å². The van der Waals surface area contributed by atoms with E-state index < -0.39 is 26.8 Å². The van der Waals surface area contributed by atoms with Crippen molar-refractivity contribution in [3.8, 4) is 5.75 Å². The Balaban J connectivity index is 1.32. The highest BCUT2D eigenvalue weighted by molar-refractivity contribution is 7.90. The molecule has 3 aromatic rings. The lowest BCUT2D eigenvalue weighted by molar-refractivity contribution is -0.0452. The van der Waals surface area contributed by atoms with Crippen LogP contribution < -0.4 is 14.4 Å². The normalized spacial score (nSPS) is 32.1. The molecule has 2 N–H and O–H groups in total. The van der Waals surface area contributed by atoms with E-state index in [4.69, 9.17) is 16.3 Å². The molecule has 6 atom stereocenters. The van der Waals surface area contributed by atoms with Gasteiger partial charge in [0, 0.05) is 47.4 Å². The lowest BCUT2D eigenvalue weighted by Gasteiger charge is -2.49. The lowest BCUT2D eigenvalue weighted by atomic mass is 9.62. The van der Waals surface area contributed by atoms with Crippen molar-refractivity contribution in [3.63, 3.8) is 0 Å². The Bertz CT molecular complexity index is 1830. The van der Waals surface area contributed by atoms with Gasteiger partial charge < -0.3 is 14.7 Å². The summed E-state index contributed by atoms with van der Waals surface area (Å²) in [6.07, 6.45) is 11.1. The van der Waals surface area contributed by atoms with Crippen molar-refractivity contribution in [1.29, 1.82) is 0 Å². The van der Waals surface area contributed by atoms with Gasteiger partial charge in [0.25, 0.3) is 5.91 Å². The second-order valence-electron chi connectivity index (χ2n) is 14.5. The van der Waals surface area contributed by atoms with E-state index in [2.05, 4.69) is 26.7 Å². The molecule has 8 nitrogen and oxygen atoms in total. The van der Waals surface area contributed by atoms with Gasteiger partial charge in [0.15, 0.2) is 0 Å². The first-order valence-corrected chi connectivity index (χ1v) is 19.1. The van der Waals surface area contributed by atoms with Crippen molar-refractivity contribution in [2.45, 2.75) is 75.1 Å². The molecule has 2 aromatic carbocycles. The molecule has 254 valence electrons. The van der Waals surface area contributed by atoms with E-state index in [9.17, 15) is 18.3 Å². The van der Waals surface area contributed by atoms with Gasteiger partial charge in [-0.05, 0) is 117 Å². The molecule has 1 spiro atoms. The largest absolute Gasteiger partial charge is 0.490 e. The van der Waals surface area contributed by atoms with Crippen molar-refractivity contribution >= 4 is 33.2 Å². The minimum absolute atomic E-state index is 0.0346. The number of halogens is 1. The van der Waals surface area contributed by atoms with Crippen LogP contribution in [0, 0.1) is 17.8 Å². The molecule has 10 heteroatoms. The van der Waals surface area contributed by atoms with Crippen molar-refractivity contribution < 1.29 is 23.1 Å². The van der Waals surface area contributed by atoms with E-state index in [1.54, 1.807) is 31.3 Å². The summed E-state index contributed by atoms with van der Waals surface area (Å²) in [6, 6.07) is 17.1. The molecular weight excluding hydrogens is 646 g/mol. The van der Waals surface area contributed by atoms with Crippen LogP contribution in [0.2, 0.25) is 5.02 Å². The van der Waals surface area contributed by atoms with Crippen LogP contribution in [-0.2, 0) is 28.3 Å². The number of fused-ring (bicyclic) bond motifs is 4. The van der Waals surface area contributed by atoms with Crippen molar-refractivity contribution in [1.82, 2.24) is 9.71 Å². The number of amides is 1. The third-order valence-corrected chi connectivity index (χ3v) is 13.6. The molecular formula is C38H44ClN3O5S. The number of nitrogens with one attached hydrogen (secondary N) is 1. The molecule has 2 aliphatic heterocycles. The summed E-state index contributed by atoms with van der Waals surface area (Å²) in [5.41, 5.74) is 2.85. The highest BCUT2D eigenvalue weighted by Crippen LogP contribution is 2.49. The molecule has 3 heterocycles. The highest BCUT2D eigenvalue weighted by atomic mass is 35.5. The van der Waals surface area contributed by atoms with Gasteiger partial charge in [0.2, 0.25) is 10.0 Å². The van der Waals surface area contributed by atoms with Gasteiger partial charge in [-0.2, -0.15) is 0 Å². The maximum Gasteiger partial charge on any atom is 0.264 e. The number of allylic oxidation sites excluding steroid dienone is 1. The fourth-order valence-corrected chi connectivity index (χ4v) is 9.84. The Morgan fingerprint density at radius 1 is 1.12 bits per heavy atom. The van der Waals surface area contributed by atoms with Gasteiger partial charge in [-0.3, -0.25) is 9.78 Å². The van der Waals surface area contributed by atoms with Gasteiger partial charge in [0.1, 0.15) is 5.75 Å². The quantitative estimate of drug-likeness (QED) is 0.306. The molecule has 2 bridgehead atoms. The number of hydrogen-bond acceptors (Lipinski definition) is 7. The first-order valence-electron chi connectivity index (χ1n) is 17.1. The zero-order valence-electron chi connectivity index (χ0n) is 27.6. The van der Waals surface area contributed by atoms with Crippen molar-refractivity contribution in [3.05, 3.63) is 100 Å². The van der Waals surface area contributed by atoms with E-state index in [1.807, 2.05) is 43.3 Å². The van der Waals surface area contributed by atoms with Crippen LogP contribution in [0.4, 0.5) is 5.69 Å². The number of aliphatic hydroxyl groups is 1. The maximum absolute atomic E-state index is 13.5. The third-order valence-electron chi connectivity index (χ3n) is 11.4. The Kier molecular flexibility index (Phi) is 8.84. The number of pyridine rings is 1. The minimum Gasteiger partial charge on any atom is -0.490 e. The van der Waals surface area contributed by atoms with Crippen molar-refractivity contribution in [2.75, 3.05) is 24.6 Å². The van der Waals surface area contributed by atoms with Gasteiger partial charge in [-0.25, -0.2) is 13.1 Å². The number of carbonyl (C=O) groups is 1. The minimum atomic E-state index is -3.98. The second kappa shape index (κ2) is 12.8. The number of ether oxygens (including phenoxy) is 1. The number of aromatic nitrogens is 1. The third kappa shape index (κ3) is 6.25. The lowest BCUT2D eigenvalue weighted by Crippen LogP contribution is -2.53. The number of anilines is 1. The Hall–Kier alpha value is -3.40. The monoisotopic (exact) mass is 689 g/mol. The number of benzene rings is 2. The smallest absolute Gasteiger partial charge is 0.264 e. The summed E-state index contributed by atoms with van der Waals surface area (Å²) in [5, 5.41) is 12.4. The van der Waals surface area contributed by atoms with Gasteiger partial charge in [-0.1, -0.05) is 42.8 Å². The molecule has 7 rings (SSSR count). The fraction of sp³-hybridized carbons (Fsp3) is 0.474. The number of aryl methyl sites for hydroxylation is 1. The Labute approximate surface area is 288 Å². The maximum atomic E-state index is 13.5. The zero-order chi connectivity index (χ0) is 33.7. The first kappa shape index (κ1) is 33.1. The summed E-state index contributed by atoms with van der Waals surface area (Å²) in [4.78, 5) is 20.4. The highest BCUT2D eigenvalue weighted by Gasteiger charge is 2.48. The molecule has 1 aromatic heterocycles. The second-order valence-corrected chi connectivity index (χ2v) is 17.0. The van der Waals surface area contributed by atoms with Crippen LogP contribution in [-0.4, -0.2) is 55.0 Å². The first-order chi connectivity index (χ1) is 23.0. The SMILES string of the molecule is C[C@@H]1[C@@H](C)C/C=C/[C@@](O)(Cc2ccccn2)[C@@H]2CC[C@H]2CN2C[C@@]3(CCCc4cc(Cl)ccc43)COc3ccc(cc32)C(=O)NS1(=O)=O. The molecule has 1 fully saturated rings. The number of hydrogen-bond donors (Lipinski definition) is 2. The predicted molar refractivity (Wildman–Crippen MR) is 188 cm³/mol. The molecule has 1 saturated carbocycles. The zero-order valence-corrected chi connectivity index (χ0v) is 29.1. The molecule has 0 radical (unpaired) electrons. The van der Waals surface area contributed by atoms with Crippen molar-refractivity contribution in [2.24, 2.45) is 17.8 Å². The van der Waals surface area contributed by atoms with Crippen LogP contribution >= 0.6 is 11.6 Å². The van der Waals surface area contributed by atoms with Crippen LogP contribution in [0.3, 0.4) is 0 Å². The topological polar surface area (TPSA) is 109 Å². The van der Waals surface area contributed by atoms with Gasteiger partial charge in [-0.15, -0.1) is 0 Å². The summed E-state index contributed by atoms with van der Waals surface area (Å²) >= 11 is 6.44. The van der Waals surface area contributed by atoms with Gasteiger partial charge >= 0.3 is 0 Å². The molecule has 1 amide bonds. The molecule has 2 aliphatic carbocycles. The standard InChI is InChI=1S/C38H44ClN3O5S/c1-25-7-5-17-38(44,21-31-9-3-4-18-40-31)33-13-10-29(33)22-42-23-37(16-6-8-27-19-30(39)12-14-32(27)37)24-47-35-15-11-28(20-34(35)42)36(43)41-48(45,46)26(25)2/h3-5,9,11-12,14-15,17-20,25-26,29,33,44H,6-8,10,13,16,21-24H2,1-2H3,(H,41,43)/b17-5+/t25-,26+,29-,33+,37-,38+/m0/s1. The summed E-state index contributed by atoms with van der Waals surface area (Å²) in [5.74, 6) is -0.150. The van der Waals surface area contributed by atoms with Gasteiger partial charge in [0.05, 0.1) is 23.1 Å². The predicted octanol–water partition coefficient (Wildman–Crippen LogP) is 6.25. The Morgan fingerprint density at radius 3 is 2.75 bits per heavy atom. The number of nitrogens with zero attached hydrogens (tertiary/aromatic N) is 2. The average Bonchev–Trinajstić information content (AvgIpc) is 3.19. The van der Waals surface area contributed by atoms with E-state index in [0.717, 1.165) is 48.5 Å². The Morgan fingerprint density at radius 2 is 1.98 bits per heavy atom. The summed E-state index contributed by atoms with van der Waals surface area (Å²) < 4.78 is 35.8. The fourth-order valence-electron chi connectivity index (χ4n) is 8.36. The van der Waals surface area contributed by atoms with E-state index in [1.165, 1.54) is 11.1 Å². The van der Waals surface area contributed by atoms with Crippen LogP contribution in [0.1, 0.15) is 73.1 Å². The molecule has 48 heavy (non-hydrogen) atoms. The molecule has 0 unspecified atom stereocenters. The summed E-state index contributed by atoms with van der Waals surface area (Å²) in [7, 11) is -3.98. The van der Waals surface area contributed by atoms with E-state index in [-0.39, 0.29) is 28.7 Å². The number of rotatable bonds is 2. The number of sulfonamides is 1. The summed E-state index contributed by atoms with van der Waals surface area (Å²) in [6.45, 7) is 5.27. The van der Waals surface area contributed by atoms with E-state index >= 15 is 0 Å². The molecule has 0 saturated heterocycles. The van der Waals surface area contributed by atoms with E-state index in [0.29, 0.717) is 38.3 Å².